The van der Waals surface area contributed by atoms with E-state index in [4.69, 9.17) is 11.6 Å². The van der Waals surface area contributed by atoms with Crippen LogP contribution in [-0.2, 0) is 16.4 Å². The predicted octanol–water partition coefficient (Wildman–Crippen LogP) is 2.64. The highest BCUT2D eigenvalue weighted by atomic mass is 35.5. The van der Waals surface area contributed by atoms with Gasteiger partial charge >= 0.3 is 0 Å². The van der Waals surface area contributed by atoms with Crippen molar-refractivity contribution in [2.75, 3.05) is 31.1 Å². The van der Waals surface area contributed by atoms with Crippen molar-refractivity contribution in [2.24, 2.45) is 0 Å². The molecule has 3 rings (SSSR count). The normalized spacial score (nSPS) is 16.6. The molecule has 1 fully saturated rings. The zero-order chi connectivity index (χ0) is 18.0. The van der Waals surface area contributed by atoms with Gasteiger partial charge in [0, 0.05) is 49.2 Å². The maximum Gasteiger partial charge on any atom is 0.216 e. The van der Waals surface area contributed by atoms with Crippen LogP contribution in [0, 0.1) is 0 Å². The van der Waals surface area contributed by atoms with Gasteiger partial charge in [-0.05, 0) is 31.5 Å². The van der Waals surface area contributed by atoms with Gasteiger partial charge in [0.1, 0.15) is 5.82 Å². The van der Waals surface area contributed by atoms with Gasteiger partial charge in [-0.1, -0.05) is 23.7 Å². The van der Waals surface area contributed by atoms with Crippen LogP contribution in [0.3, 0.4) is 0 Å². The molecule has 1 aliphatic heterocycles. The number of nitrogens with zero attached hydrogens (tertiary/aromatic N) is 4. The lowest BCUT2D eigenvalue weighted by atomic mass is 10.1. The highest BCUT2D eigenvalue weighted by Gasteiger charge is 2.30. The van der Waals surface area contributed by atoms with E-state index in [0.29, 0.717) is 37.6 Å². The number of anilines is 1. The molecule has 0 amide bonds. The van der Waals surface area contributed by atoms with Gasteiger partial charge in [0.25, 0.3) is 0 Å². The van der Waals surface area contributed by atoms with Crippen LogP contribution in [-0.4, -0.2) is 53.5 Å². The Morgan fingerprint density at radius 1 is 1.16 bits per heavy atom. The van der Waals surface area contributed by atoms with Gasteiger partial charge in [0.05, 0.1) is 5.25 Å². The molecule has 25 heavy (non-hydrogen) atoms. The lowest BCUT2D eigenvalue weighted by Crippen LogP contribution is -2.50. The molecule has 1 aromatic heterocycles. The van der Waals surface area contributed by atoms with Crippen molar-refractivity contribution in [3.05, 3.63) is 40.7 Å². The average Bonchev–Trinajstić information content (AvgIpc) is 3.05. The van der Waals surface area contributed by atoms with E-state index >= 15 is 0 Å². The quantitative estimate of drug-likeness (QED) is 0.771. The Hall–Kier alpha value is -1.22. The smallest absolute Gasteiger partial charge is 0.216 e. The van der Waals surface area contributed by atoms with E-state index in [-0.39, 0.29) is 5.25 Å². The molecule has 1 aliphatic rings. The SMILES string of the molecule is CC(C)S(=O)(=O)N1CCN(c2nc(Cc3ccc(Cl)cc3)ns2)CC1. The molecule has 0 radical (unpaired) electrons. The Morgan fingerprint density at radius 2 is 1.80 bits per heavy atom. The molecule has 2 aromatic rings. The Kier molecular flexibility index (Phi) is 5.62. The summed E-state index contributed by atoms with van der Waals surface area (Å²) in [6.07, 6.45) is 0.662. The molecule has 0 N–H and O–H groups in total. The van der Waals surface area contributed by atoms with Crippen molar-refractivity contribution < 1.29 is 8.42 Å². The monoisotopic (exact) mass is 400 g/mol. The van der Waals surface area contributed by atoms with E-state index in [0.717, 1.165) is 16.5 Å². The molecule has 0 spiro atoms. The van der Waals surface area contributed by atoms with Gasteiger partial charge in [-0.2, -0.15) is 8.68 Å². The van der Waals surface area contributed by atoms with E-state index < -0.39 is 10.0 Å². The highest BCUT2D eigenvalue weighted by molar-refractivity contribution is 7.89. The van der Waals surface area contributed by atoms with Crippen LogP contribution < -0.4 is 4.90 Å². The van der Waals surface area contributed by atoms with E-state index in [9.17, 15) is 8.42 Å². The first-order valence-corrected chi connectivity index (χ1v) is 10.8. The van der Waals surface area contributed by atoms with Gasteiger partial charge in [-0.15, -0.1) is 0 Å². The molecule has 0 unspecified atom stereocenters. The van der Waals surface area contributed by atoms with E-state index in [1.807, 2.05) is 24.3 Å². The molecule has 2 heterocycles. The van der Waals surface area contributed by atoms with Crippen molar-refractivity contribution in [1.82, 2.24) is 13.7 Å². The molecule has 1 saturated heterocycles. The van der Waals surface area contributed by atoms with Gasteiger partial charge < -0.3 is 4.90 Å². The minimum Gasteiger partial charge on any atom is -0.344 e. The van der Waals surface area contributed by atoms with Crippen LogP contribution in [0.5, 0.6) is 0 Å². The first kappa shape index (κ1) is 18.6. The predicted molar refractivity (Wildman–Crippen MR) is 102 cm³/mol. The third-order valence-corrected chi connectivity index (χ3v) is 7.54. The molecule has 1 aromatic carbocycles. The number of aromatic nitrogens is 2. The van der Waals surface area contributed by atoms with Crippen molar-refractivity contribution in [3.8, 4) is 0 Å². The zero-order valence-corrected chi connectivity index (χ0v) is 16.6. The summed E-state index contributed by atoms with van der Waals surface area (Å²) < 4.78 is 30.5. The van der Waals surface area contributed by atoms with Gasteiger partial charge in [-0.3, -0.25) is 0 Å². The fraction of sp³-hybridized carbons (Fsp3) is 0.500. The lowest BCUT2D eigenvalue weighted by molar-refractivity contribution is 0.381. The minimum atomic E-state index is -3.18. The van der Waals surface area contributed by atoms with E-state index in [2.05, 4.69) is 14.3 Å². The number of piperazine rings is 1. The molecule has 0 saturated carbocycles. The van der Waals surface area contributed by atoms with Gasteiger partial charge in [0.2, 0.25) is 15.2 Å². The second-order valence-electron chi connectivity index (χ2n) is 6.28. The van der Waals surface area contributed by atoms with Crippen molar-refractivity contribution in [1.29, 1.82) is 0 Å². The van der Waals surface area contributed by atoms with Crippen LogP contribution in [0.1, 0.15) is 25.2 Å². The molecule has 0 bridgehead atoms. The summed E-state index contributed by atoms with van der Waals surface area (Å²) in [4.78, 5) is 6.71. The maximum absolute atomic E-state index is 12.2. The van der Waals surface area contributed by atoms with Gasteiger partial charge in [0.15, 0.2) is 0 Å². The molecule has 9 heteroatoms. The van der Waals surface area contributed by atoms with Crippen LogP contribution in [0.2, 0.25) is 5.02 Å². The maximum atomic E-state index is 12.2. The van der Waals surface area contributed by atoms with Crippen molar-refractivity contribution >= 4 is 38.3 Å². The number of rotatable bonds is 5. The second-order valence-corrected chi connectivity index (χ2v) is 9.93. The van der Waals surface area contributed by atoms with E-state index in [1.165, 1.54) is 11.5 Å². The zero-order valence-electron chi connectivity index (χ0n) is 14.2. The summed E-state index contributed by atoms with van der Waals surface area (Å²) in [6.45, 7) is 5.70. The number of halogens is 1. The summed E-state index contributed by atoms with van der Waals surface area (Å²) in [6, 6.07) is 7.66. The Bertz CT molecular complexity index is 813. The van der Waals surface area contributed by atoms with E-state index in [1.54, 1.807) is 18.2 Å². The molecule has 6 nitrogen and oxygen atoms in total. The Labute approximate surface area is 157 Å². The number of benzene rings is 1. The first-order valence-electron chi connectivity index (χ1n) is 8.17. The molecular formula is C16H21ClN4O2S2. The number of hydrogen-bond acceptors (Lipinski definition) is 6. The fourth-order valence-electron chi connectivity index (χ4n) is 2.66. The Balaban J connectivity index is 1.61. The lowest BCUT2D eigenvalue weighted by Gasteiger charge is -2.34. The van der Waals surface area contributed by atoms with Crippen LogP contribution in [0.15, 0.2) is 24.3 Å². The summed E-state index contributed by atoms with van der Waals surface area (Å²) in [5.41, 5.74) is 1.11. The number of sulfonamides is 1. The standard InChI is InChI=1S/C16H21ClN4O2S2/c1-12(2)25(22,23)21-9-7-20(8-10-21)16-18-15(19-24-16)11-13-3-5-14(17)6-4-13/h3-6,12H,7-11H2,1-2H3. The number of hydrogen-bond donors (Lipinski definition) is 0. The summed E-state index contributed by atoms with van der Waals surface area (Å²) in [5.74, 6) is 0.777. The second kappa shape index (κ2) is 7.57. The molecule has 136 valence electrons. The van der Waals surface area contributed by atoms with Crippen molar-refractivity contribution in [2.45, 2.75) is 25.5 Å². The first-order chi connectivity index (χ1) is 11.9. The topological polar surface area (TPSA) is 66.4 Å². The fourth-order valence-corrected chi connectivity index (χ4v) is 4.79. The molecular weight excluding hydrogens is 380 g/mol. The summed E-state index contributed by atoms with van der Waals surface area (Å²) >= 11 is 7.27. The minimum absolute atomic E-state index is 0.383. The largest absolute Gasteiger partial charge is 0.344 e. The Morgan fingerprint density at radius 3 is 2.40 bits per heavy atom. The summed E-state index contributed by atoms with van der Waals surface area (Å²) in [5, 5.41) is 1.18. The molecule has 0 atom stereocenters. The van der Waals surface area contributed by atoms with Gasteiger partial charge in [-0.25, -0.2) is 13.4 Å². The third kappa shape index (κ3) is 4.31. The molecule has 0 aliphatic carbocycles. The van der Waals surface area contributed by atoms with Crippen LogP contribution >= 0.6 is 23.1 Å². The third-order valence-electron chi connectivity index (χ3n) is 4.20. The van der Waals surface area contributed by atoms with Crippen LogP contribution in [0.25, 0.3) is 0 Å². The van der Waals surface area contributed by atoms with Crippen LogP contribution in [0.4, 0.5) is 5.13 Å². The van der Waals surface area contributed by atoms with Crippen molar-refractivity contribution in [3.63, 3.8) is 0 Å². The summed E-state index contributed by atoms with van der Waals surface area (Å²) in [7, 11) is -3.18. The highest BCUT2D eigenvalue weighted by Crippen LogP contribution is 2.22. The average molecular weight is 401 g/mol.